The van der Waals surface area contributed by atoms with Crippen LogP contribution in [0.5, 0.6) is 0 Å². The molecule has 0 aromatic heterocycles. The van der Waals surface area contributed by atoms with Crippen LogP contribution in [0.1, 0.15) is 32.6 Å². The molecule has 1 saturated carbocycles. The Hall–Kier alpha value is -1.65. The number of amides is 1. The van der Waals surface area contributed by atoms with Gasteiger partial charge >= 0.3 is 0 Å². The van der Waals surface area contributed by atoms with E-state index >= 15 is 0 Å². The fourth-order valence-corrected chi connectivity index (χ4v) is 3.37. The Morgan fingerprint density at radius 3 is 2.78 bits per heavy atom. The average molecular weight is 322 g/mol. The lowest BCUT2D eigenvalue weighted by atomic mass is 10.0. The van der Waals surface area contributed by atoms with Crippen molar-refractivity contribution in [1.82, 2.24) is 5.32 Å². The maximum atomic E-state index is 13.3. The molecule has 2 atom stereocenters. The highest BCUT2D eigenvalue weighted by Crippen LogP contribution is 2.38. The number of rotatable bonds is 6. The molecule has 0 unspecified atom stereocenters. The number of nitrogens with one attached hydrogen (secondary N) is 1. The molecular formula is C18H24F2N2O. The van der Waals surface area contributed by atoms with Gasteiger partial charge in [0.15, 0.2) is 11.6 Å². The van der Waals surface area contributed by atoms with Crippen LogP contribution in [0, 0.1) is 29.4 Å². The molecular weight excluding hydrogens is 298 g/mol. The monoisotopic (exact) mass is 322 g/mol. The second-order valence-corrected chi connectivity index (χ2v) is 7.02. The minimum atomic E-state index is -0.818. The van der Waals surface area contributed by atoms with E-state index in [9.17, 15) is 13.6 Å². The predicted molar refractivity (Wildman–Crippen MR) is 86.2 cm³/mol. The Kier molecular flexibility index (Phi) is 4.83. The molecule has 1 amide bonds. The van der Waals surface area contributed by atoms with Gasteiger partial charge in [0.25, 0.3) is 0 Å². The number of hydrogen-bond acceptors (Lipinski definition) is 2. The van der Waals surface area contributed by atoms with E-state index in [0.29, 0.717) is 30.5 Å². The molecule has 0 radical (unpaired) electrons. The van der Waals surface area contributed by atoms with Gasteiger partial charge in [-0.25, -0.2) is 8.78 Å². The summed E-state index contributed by atoms with van der Waals surface area (Å²) in [7, 11) is 0. The zero-order chi connectivity index (χ0) is 16.4. The van der Waals surface area contributed by atoms with Crippen LogP contribution < -0.4 is 10.2 Å². The SMILES string of the molecule is C[C@@H](CC(=O)NC[C@@H]1CCN(c2ccc(F)c(F)c2)C1)C1CC1. The predicted octanol–water partition coefficient (Wildman–Crippen LogP) is 3.34. The van der Waals surface area contributed by atoms with Gasteiger partial charge in [-0.1, -0.05) is 6.92 Å². The van der Waals surface area contributed by atoms with Crippen molar-refractivity contribution in [3.05, 3.63) is 29.8 Å². The van der Waals surface area contributed by atoms with Crippen LogP contribution in [0.3, 0.4) is 0 Å². The standard InChI is InChI=1S/C18H24F2N2O/c1-12(14-2-3-14)8-18(23)21-10-13-6-7-22(11-13)15-4-5-16(19)17(20)9-15/h4-5,9,12-14H,2-3,6-8,10-11H2,1H3,(H,21,23)/t12-,13-/m0/s1. The summed E-state index contributed by atoms with van der Waals surface area (Å²) in [5.41, 5.74) is 0.708. The summed E-state index contributed by atoms with van der Waals surface area (Å²) in [6.45, 7) is 4.39. The molecule has 126 valence electrons. The van der Waals surface area contributed by atoms with Crippen LogP contribution in [0.25, 0.3) is 0 Å². The molecule has 23 heavy (non-hydrogen) atoms. The van der Waals surface area contributed by atoms with Crippen molar-refractivity contribution in [2.75, 3.05) is 24.5 Å². The van der Waals surface area contributed by atoms with Crippen LogP contribution in [-0.4, -0.2) is 25.5 Å². The third-order valence-corrected chi connectivity index (χ3v) is 5.08. The number of nitrogens with zero attached hydrogens (tertiary/aromatic N) is 1. The van der Waals surface area contributed by atoms with Gasteiger partial charge in [-0.3, -0.25) is 4.79 Å². The fraction of sp³-hybridized carbons (Fsp3) is 0.611. The van der Waals surface area contributed by atoms with Crippen LogP contribution in [0.15, 0.2) is 18.2 Å². The molecule has 5 heteroatoms. The molecule has 1 aliphatic carbocycles. The molecule has 2 aliphatic rings. The van der Waals surface area contributed by atoms with E-state index in [4.69, 9.17) is 0 Å². The van der Waals surface area contributed by atoms with Crippen molar-refractivity contribution in [3.8, 4) is 0 Å². The number of anilines is 1. The van der Waals surface area contributed by atoms with Crippen molar-refractivity contribution in [2.24, 2.45) is 17.8 Å². The molecule has 0 bridgehead atoms. The summed E-state index contributed by atoms with van der Waals surface area (Å²) >= 11 is 0. The number of halogens is 2. The lowest BCUT2D eigenvalue weighted by molar-refractivity contribution is -0.122. The number of benzene rings is 1. The third kappa shape index (κ3) is 4.21. The molecule has 1 heterocycles. The van der Waals surface area contributed by atoms with Gasteiger partial charge < -0.3 is 10.2 Å². The Bertz CT molecular complexity index is 574. The van der Waals surface area contributed by atoms with Crippen LogP contribution in [-0.2, 0) is 4.79 Å². The van der Waals surface area contributed by atoms with Gasteiger partial charge in [-0.2, -0.15) is 0 Å². The highest BCUT2D eigenvalue weighted by Gasteiger charge is 2.29. The summed E-state index contributed by atoms with van der Waals surface area (Å²) < 4.78 is 26.3. The lowest BCUT2D eigenvalue weighted by Crippen LogP contribution is -2.32. The van der Waals surface area contributed by atoms with Crippen LogP contribution in [0.2, 0.25) is 0 Å². The smallest absolute Gasteiger partial charge is 0.220 e. The van der Waals surface area contributed by atoms with E-state index in [-0.39, 0.29) is 5.91 Å². The zero-order valence-corrected chi connectivity index (χ0v) is 13.5. The van der Waals surface area contributed by atoms with Crippen molar-refractivity contribution < 1.29 is 13.6 Å². The maximum Gasteiger partial charge on any atom is 0.220 e. The summed E-state index contributed by atoms with van der Waals surface area (Å²) in [4.78, 5) is 14.0. The summed E-state index contributed by atoms with van der Waals surface area (Å²) in [5.74, 6) is 0.0993. The molecule has 1 aliphatic heterocycles. The first-order valence-electron chi connectivity index (χ1n) is 8.49. The first-order chi connectivity index (χ1) is 11.0. The number of carbonyl (C=O) groups is 1. The van der Waals surface area contributed by atoms with E-state index in [0.717, 1.165) is 25.4 Å². The first-order valence-corrected chi connectivity index (χ1v) is 8.49. The average Bonchev–Trinajstić information content (AvgIpc) is 3.27. The van der Waals surface area contributed by atoms with Crippen molar-refractivity contribution in [2.45, 2.75) is 32.6 Å². The van der Waals surface area contributed by atoms with Crippen molar-refractivity contribution in [1.29, 1.82) is 0 Å². The Morgan fingerprint density at radius 1 is 1.30 bits per heavy atom. The van der Waals surface area contributed by atoms with Gasteiger partial charge in [-0.05, 0) is 49.1 Å². The van der Waals surface area contributed by atoms with Gasteiger partial charge in [0.05, 0.1) is 0 Å². The van der Waals surface area contributed by atoms with E-state index in [1.54, 1.807) is 6.07 Å². The van der Waals surface area contributed by atoms with Crippen molar-refractivity contribution >= 4 is 11.6 Å². The van der Waals surface area contributed by atoms with E-state index in [1.165, 1.54) is 25.0 Å². The highest BCUT2D eigenvalue weighted by atomic mass is 19.2. The summed E-state index contributed by atoms with van der Waals surface area (Å²) in [6, 6.07) is 4.02. The highest BCUT2D eigenvalue weighted by molar-refractivity contribution is 5.76. The molecule has 3 rings (SSSR count). The summed E-state index contributed by atoms with van der Waals surface area (Å²) in [5, 5.41) is 3.03. The molecule has 3 nitrogen and oxygen atoms in total. The molecule has 0 spiro atoms. The van der Waals surface area contributed by atoms with Crippen LogP contribution in [0.4, 0.5) is 14.5 Å². The minimum Gasteiger partial charge on any atom is -0.371 e. The molecule has 2 fully saturated rings. The van der Waals surface area contributed by atoms with Gasteiger partial charge in [0, 0.05) is 37.8 Å². The second-order valence-electron chi connectivity index (χ2n) is 7.02. The first kappa shape index (κ1) is 16.2. The molecule has 1 N–H and O–H groups in total. The zero-order valence-electron chi connectivity index (χ0n) is 13.5. The lowest BCUT2D eigenvalue weighted by Gasteiger charge is -2.19. The largest absolute Gasteiger partial charge is 0.371 e. The maximum absolute atomic E-state index is 13.3. The molecule has 1 aromatic carbocycles. The van der Waals surface area contributed by atoms with E-state index in [2.05, 4.69) is 12.2 Å². The Balaban J connectivity index is 1.44. The normalized spacial score (nSPS) is 22.2. The van der Waals surface area contributed by atoms with Crippen molar-refractivity contribution in [3.63, 3.8) is 0 Å². The van der Waals surface area contributed by atoms with Gasteiger partial charge in [0.2, 0.25) is 5.91 Å². The molecule has 1 aromatic rings. The van der Waals surface area contributed by atoms with E-state index in [1.807, 2.05) is 4.90 Å². The quantitative estimate of drug-likeness (QED) is 0.871. The van der Waals surface area contributed by atoms with Gasteiger partial charge in [0.1, 0.15) is 0 Å². The Morgan fingerprint density at radius 2 is 2.09 bits per heavy atom. The minimum absolute atomic E-state index is 0.135. The topological polar surface area (TPSA) is 32.3 Å². The second kappa shape index (κ2) is 6.85. The molecule has 1 saturated heterocycles. The number of carbonyl (C=O) groups excluding carboxylic acids is 1. The Labute approximate surface area is 136 Å². The van der Waals surface area contributed by atoms with Crippen LogP contribution >= 0.6 is 0 Å². The number of hydrogen-bond donors (Lipinski definition) is 1. The van der Waals surface area contributed by atoms with Gasteiger partial charge in [-0.15, -0.1) is 0 Å². The summed E-state index contributed by atoms with van der Waals surface area (Å²) in [6.07, 6.45) is 4.10. The van der Waals surface area contributed by atoms with E-state index < -0.39 is 11.6 Å². The third-order valence-electron chi connectivity index (χ3n) is 5.08. The fourth-order valence-electron chi connectivity index (χ4n) is 3.37.